The Labute approximate surface area is 158 Å². The number of oxime groups is 1. The van der Waals surface area contributed by atoms with E-state index in [1.54, 1.807) is 42.5 Å². The number of rotatable bonds is 5. The predicted molar refractivity (Wildman–Crippen MR) is 101 cm³/mol. The van der Waals surface area contributed by atoms with Crippen molar-refractivity contribution in [2.24, 2.45) is 5.16 Å². The molecule has 0 aliphatic heterocycles. The Morgan fingerprint density at radius 1 is 1.19 bits per heavy atom. The summed E-state index contributed by atoms with van der Waals surface area (Å²) < 4.78 is 0.810. The largest absolute Gasteiger partial charge is 0.492 e. The SMILES string of the molecule is CON=Cc1c(O)n(OCc2ccc(Cl)cc2Cl)c(=O)c2ccccc12. The molecule has 0 radical (unpaired) electrons. The maximum Gasteiger partial charge on any atom is 0.294 e. The summed E-state index contributed by atoms with van der Waals surface area (Å²) in [6, 6.07) is 11.7. The summed E-state index contributed by atoms with van der Waals surface area (Å²) in [4.78, 5) is 22.9. The first-order valence-corrected chi connectivity index (χ1v) is 8.29. The molecule has 0 bridgehead atoms. The van der Waals surface area contributed by atoms with Gasteiger partial charge in [0.1, 0.15) is 13.7 Å². The zero-order valence-electron chi connectivity index (χ0n) is 13.6. The van der Waals surface area contributed by atoms with Crippen molar-refractivity contribution in [2.75, 3.05) is 7.11 Å². The average molecular weight is 393 g/mol. The number of nitrogens with zero attached hydrogens (tertiary/aromatic N) is 2. The van der Waals surface area contributed by atoms with Gasteiger partial charge in [-0.25, -0.2) is 0 Å². The van der Waals surface area contributed by atoms with Gasteiger partial charge in [0, 0.05) is 21.0 Å². The van der Waals surface area contributed by atoms with E-state index in [0.29, 0.717) is 31.9 Å². The first kappa shape index (κ1) is 18.1. The number of pyridine rings is 1. The van der Waals surface area contributed by atoms with Crippen LogP contribution in [0.4, 0.5) is 0 Å². The van der Waals surface area contributed by atoms with E-state index in [4.69, 9.17) is 28.0 Å². The lowest BCUT2D eigenvalue weighted by Crippen LogP contribution is -2.28. The number of hydrogen-bond donors (Lipinski definition) is 1. The highest BCUT2D eigenvalue weighted by molar-refractivity contribution is 6.35. The number of aromatic nitrogens is 1. The second kappa shape index (κ2) is 7.68. The summed E-state index contributed by atoms with van der Waals surface area (Å²) in [5.74, 6) is -0.389. The van der Waals surface area contributed by atoms with Gasteiger partial charge in [-0.05, 0) is 18.2 Å². The smallest absolute Gasteiger partial charge is 0.294 e. The van der Waals surface area contributed by atoms with Crippen molar-refractivity contribution in [3.63, 3.8) is 0 Å². The van der Waals surface area contributed by atoms with Gasteiger partial charge >= 0.3 is 0 Å². The van der Waals surface area contributed by atoms with Crippen LogP contribution in [0.3, 0.4) is 0 Å². The summed E-state index contributed by atoms with van der Waals surface area (Å²) in [6.45, 7) is -0.0390. The fraction of sp³-hybridized carbons (Fsp3) is 0.111. The van der Waals surface area contributed by atoms with E-state index < -0.39 is 5.56 Å². The number of hydrogen-bond acceptors (Lipinski definition) is 5. The average Bonchev–Trinajstić information content (AvgIpc) is 2.63. The maximum absolute atomic E-state index is 12.7. The maximum atomic E-state index is 12.7. The topological polar surface area (TPSA) is 73.1 Å². The van der Waals surface area contributed by atoms with Crippen LogP contribution in [0.2, 0.25) is 10.0 Å². The lowest BCUT2D eigenvalue weighted by molar-refractivity contribution is 0.0721. The van der Waals surface area contributed by atoms with Crippen LogP contribution in [0, 0.1) is 0 Å². The molecular weight excluding hydrogens is 379 g/mol. The molecule has 0 fully saturated rings. The summed E-state index contributed by atoms with van der Waals surface area (Å²) in [5, 5.41) is 16.0. The zero-order chi connectivity index (χ0) is 18.7. The van der Waals surface area contributed by atoms with E-state index in [-0.39, 0.29) is 12.5 Å². The molecule has 0 saturated carbocycles. The minimum Gasteiger partial charge on any atom is -0.492 e. The van der Waals surface area contributed by atoms with E-state index in [1.165, 1.54) is 13.3 Å². The predicted octanol–water partition coefficient (Wildman–Crippen LogP) is 3.62. The van der Waals surface area contributed by atoms with Gasteiger partial charge in [-0.1, -0.05) is 52.6 Å². The van der Waals surface area contributed by atoms with Gasteiger partial charge in [-0.2, -0.15) is 0 Å². The van der Waals surface area contributed by atoms with Crippen LogP contribution in [0.15, 0.2) is 52.4 Å². The molecular formula is C18H14Cl2N2O4. The molecule has 8 heteroatoms. The first-order chi connectivity index (χ1) is 12.5. The monoisotopic (exact) mass is 392 g/mol. The molecule has 0 atom stereocenters. The zero-order valence-corrected chi connectivity index (χ0v) is 15.2. The molecule has 1 aromatic heterocycles. The fourth-order valence-corrected chi connectivity index (χ4v) is 2.93. The molecule has 1 heterocycles. The minimum atomic E-state index is -0.502. The molecule has 134 valence electrons. The van der Waals surface area contributed by atoms with E-state index in [1.807, 2.05) is 0 Å². The lowest BCUT2D eigenvalue weighted by atomic mass is 10.1. The second-order valence-corrected chi connectivity index (χ2v) is 6.15. The minimum absolute atomic E-state index is 0.0390. The lowest BCUT2D eigenvalue weighted by Gasteiger charge is -2.14. The molecule has 0 aliphatic carbocycles. The molecule has 1 N–H and O–H groups in total. The molecule has 0 aliphatic rings. The standard InChI is InChI=1S/C18H14Cl2N2O4/c1-25-21-9-15-13-4-2-3-5-14(13)17(23)22(18(15)24)26-10-11-6-7-12(19)8-16(11)20/h2-9,24H,10H2,1H3. The van der Waals surface area contributed by atoms with E-state index in [9.17, 15) is 9.90 Å². The summed E-state index contributed by atoms with van der Waals surface area (Å²) in [6.07, 6.45) is 1.31. The van der Waals surface area contributed by atoms with Crippen molar-refractivity contribution in [3.8, 4) is 5.88 Å². The molecule has 26 heavy (non-hydrogen) atoms. The van der Waals surface area contributed by atoms with Crippen LogP contribution >= 0.6 is 23.2 Å². The van der Waals surface area contributed by atoms with Gasteiger partial charge in [0.25, 0.3) is 5.56 Å². The van der Waals surface area contributed by atoms with Crippen molar-refractivity contribution in [3.05, 3.63) is 74.0 Å². The number of aromatic hydroxyl groups is 1. The van der Waals surface area contributed by atoms with Gasteiger partial charge in [-0.15, -0.1) is 4.73 Å². The van der Waals surface area contributed by atoms with Crippen LogP contribution < -0.4 is 10.4 Å². The quantitative estimate of drug-likeness (QED) is 0.531. The summed E-state index contributed by atoms with van der Waals surface area (Å²) in [7, 11) is 1.38. The fourth-order valence-electron chi connectivity index (χ4n) is 2.47. The Hall–Kier alpha value is -2.70. The highest BCUT2D eigenvalue weighted by Gasteiger charge is 2.16. The molecule has 2 aromatic carbocycles. The Kier molecular flexibility index (Phi) is 5.35. The van der Waals surface area contributed by atoms with Gasteiger partial charge in [0.05, 0.1) is 17.2 Å². The molecule has 0 spiro atoms. The Morgan fingerprint density at radius 3 is 2.62 bits per heavy atom. The number of benzene rings is 2. The van der Waals surface area contributed by atoms with Crippen molar-refractivity contribution < 1.29 is 14.8 Å². The van der Waals surface area contributed by atoms with Crippen molar-refractivity contribution in [2.45, 2.75) is 6.61 Å². The number of halogens is 2. The second-order valence-electron chi connectivity index (χ2n) is 5.31. The van der Waals surface area contributed by atoms with Crippen molar-refractivity contribution >= 4 is 40.2 Å². The molecule has 0 unspecified atom stereocenters. The third kappa shape index (κ3) is 3.47. The highest BCUT2D eigenvalue weighted by atomic mass is 35.5. The molecule has 0 amide bonds. The van der Waals surface area contributed by atoms with Crippen LogP contribution in [0.1, 0.15) is 11.1 Å². The third-order valence-electron chi connectivity index (χ3n) is 3.72. The molecule has 0 saturated heterocycles. The van der Waals surface area contributed by atoms with Crippen LogP contribution in [-0.4, -0.2) is 23.2 Å². The molecule has 6 nitrogen and oxygen atoms in total. The Balaban J connectivity index is 2.07. The highest BCUT2D eigenvalue weighted by Crippen LogP contribution is 2.24. The van der Waals surface area contributed by atoms with Gasteiger partial charge in [0.15, 0.2) is 0 Å². The Bertz CT molecular complexity index is 1050. The normalized spacial score (nSPS) is 11.2. The molecule has 3 rings (SSSR count). The Morgan fingerprint density at radius 2 is 1.92 bits per heavy atom. The van der Waals surface area contributed by atoms with Gasteiger partial charge in [-0.3, -0.25) is 4.79 Å². The molecule has 3 aromatic rings. The van der Waals surface area contributed by atoms with E-state index >= 15 is 0 Å². The van der Waals surface area contributed by atoms with E-state index in [0.717, 1.165) is 4.73 Å². The van der Waals surface area contributed by atoms with Gasteiger partial charge in [0.2, 0.25) is 5.88 Å². The summed E-state index contributed by atoms with van der Waals surface area (Å²) >= 11 is 12.0. The van der Waals surface area contributed by atoms with Crippen LogP contribution in [-0.2, 0) is 11.4 Å². The summed E-state index contributed by atoms with van der Waals surface area (Å²) in [5.41, 5.74) is 0.407. The van der Waals surface area contributed by atoms with Gasteiger partial charge < -0.3 is 14.8 Å². The number of fused-ring (bicyclic) bond motifs is 1. The van der Waals surface area contributed by atoms with Crippen LogP contribution in [0.25, 0.3) is 10.8 Å². The third-order valence-corrected chi connectivity index (χ3v) is 4.30. The van der Waals surface area contributed by atoms with Crippen molar-refractivity contribution in [1.29, 1.82) is 0 Å². The van der Waals surface area contributed by atoms with E-state index in [2.05, 4.69) is 9.99 Å². The first-order valence-electron chi connectivity index (χ1n) is 7.53. The van der Waals surface area contributed by atoms with Crippen molar-refractivity contribution in [1.82, 2.24) is 4.73 Å². The van der Waals surface area contributed by atoms with Crippen LogP contribution in [0.5, 0.6) is 5.88 Å².